The zero-order valence-corrected chi connectivity index (χ0v) is 11.8. The van der Waals surface area contributed by atoms with Crippen molar-refractivity contribution < 1.29 is 19.0 Å². The summed E-state index contributed by atoms with van der Waals surface area (Å²) in [7, 11) is 4.71. The number of fused-ring (bicyclic) bond motifs is 1. The fourth-order valence-corrected chi connectivity index (χ4v) is 2.45. The van der Waals surface area contributed by atoms with Crippen molar-refractivity contribution in [2.24, 2.45) is 0 Å². The average molecular weight is 283 g/mol. The molecule has 0 aliphatic heterocycles. The maximum atomic E-state index is 11.3. The molecule has 5 heteroatoms. The second-order valence-electron chi connectivity index (χ2n) is 4.16. The third kappa shape index (κ3) is 2.40. The van der Waals surface area contributed by atoms with Gasteiger partial charge < -0.3 is 14.2 Å². The molecule has 0 atom stereocenters. The molecule has 1 aliphatic carbocycles. The van der Waals surface area contributed by atoms with Crippen molar-refractivity contribution in [3.8, 4) is 17.2 Å². The topological polar surface area (TPSA) is 44.8 Å². The molecule has 0 unspecified atom stereocenters. The van der Waals surface area contributed by atoms with Gasteiger partial charge in [0.25, 0.3) is 0 Å². The van der Waals surface area contributed by atoms with Gasteiger partial charge in [-0.2, -0.15) is 0 Å². The van der Waals surface area contributed by atoms with E-state index in [1.807, 2.05) is 6.07 Å². The monoisotopic (exact) mass is 282 g/mol. The first-order valence-corrected chi connectivity index (χ1v) is 6.22. The van der Waals surface area contributed by atoms with Crippen molar-refractivity contribution in [2.75, 3.05) is 21.3 Å². The summed E-state index contributed by atoms with van der Waals surface area (Å²) < 4.78 is 16.0. The summed E-state index contributed by atoms with van der Waals surface area (Å²) in [6.07, 6.45) is 3.06. The minimum atomic E-state index is -0.417. The fourth-order valence-electron chi connectivity index (χ4n) is 2.30. The average Bonchev–Trinajstić information content (AvgIpc) is 2.43. The van der Waals surface area contributed by atoms with Crippen LogP contribution >= 0.6 is 11.6 Å². The number of rotatable bonds is 4. The Labute approximate surface area is 116 Å². The van der Waals surface area contributed by atoms with Gasteiger partial charge >= 0.3 is 0 Å². The summed E-state index contributed by atoms with van der Waals surface area (Å²) in [6, 6.07) is 1.83. The lowest BCUT2D eigenvalue weighted by Gasteiger charge is -2.21. The summed E-state index contributed by atoms with van der Waals surface area (Å²) in [4.78, 5) is 11.3. The lowest BCUT2D eigenvalue weighted by Crippen LogP contribution is -2.07. The Morgan fingerprint density at radius 1 is 1.11 bits per heavy atom. The van der Waals surface area contributed by atoms with E-state index in [2.05, 4.69) is 0 Å². The van der Waals surface area contributed by atoms with E-state index in [1.165, 1.54) is 0 Å². The van der Waals surface area contributed by atoms with E-state index in [0.29, 0.717) is 35.7 Å². The van der Waals surface area contributed by atoms with Crippen LogP contribution in [-0.4, -0.2) is 26.6 Å². The van der Waals surface area contributed by atoms with Crippen LogP contribution in [0.4, 0.5) is 0 Å². The highest BCUT2D eigenvalue weighted by atomic mass is 35.5. The summed E-state index contributed by atoms with van der Waals surface area (Å²) in [5.74, 6) is 1.78. The number of carbonyl (C=O) groups excluding carboxylic acids is 1. The molecule has 0 radical (unpaired) electrons. The van der Waals surface area contributed by atoms with Gasteiger partial charge in [0.2, 0.25) is 11.0 Å². The highest BCUT2D eigenvalue weighted by molar-refractivity contribution is 6.68. The zero-order chi connectivity index (χ0) is 14.0. The third-order valence-corrected chi connectivity index (χ3v) is 3.44. The van der Waals surface area contributed by atoms with E-state index in [4.69, 9.17) is 25.8 Å². The Hall–Kier alpha value is -1.68. The van der Waals surface area contributed by atoms with Gasteiger partial charge in [0.15, 0.2) is 11.5 Å². The third-order valence-electron chi connectivity index (χ3n) is 3.19. The minimum absolute atomic E-state index is 0.417. The normalized spacial score (nSPS) is 13.4. The molecular weight excluding hydrogens is 268 g/mol. The second kappa shape index (κ2) is 5.53. The molecule has 0 aromatic heterocycles. The van der Waals surface area contributed by atoms with Crippen molar-refractivity contribution in [3.63, 3.8) is 0 Å². The van der Waals surface area contributed by atoms with Crippen molar-refractivity contribution >= 4 is 22.9 Å². The van der Waals surface area contributed by atoms with E-state index in [1.54, 1.807) is 27.4 Å². The number of halogens is 1. The van der Waals surface area contributed by atoms with E-state index < -0.39 is 5.24 Å². The van der Waals surface area contributed by atoms with E-state index >= 15 is 0 Å². The van der Waals surface area contributed by atoms with Crippen molar-refractivity contribution in [3.05, 3.63) is 22.8 Å². The Morgan fingerprint density at radius 2 is 1.79 bits per heavy atom. The number of benzene rings is 1. The molecule has 0 spiro atoms. The van der Waals surface area contributed by atoms with Gasteiger partial charge in [-0.1, -0.05) is 0 Å². The molecule has 0 N–H and O–H groups in total. The van der Waals surface area contributed by atoms with Gasteiger partial charge in [0.1, 0.15) is 0 Å². The molecule has 0 saturated heterocycles. The Balaban J connectivity index is 2.64. The number of carbonyl (C=O) groups is 1. The number of methoxy groups -OCH3 is 3. The van der Waals surface area contributed by atoms with Crippen LogP contribution in [0.5, 0.6) is 17.2 Å². The lowest BCUT2D eigenvalue weighted by atomic mass is 9.91. The summed E-state index contributed by atoms with van der Waals surface area (Å²) >= 11 is 5.53. The van der Waals surface area contributed by atoms with Gasteiger partial charge in [0, 0.05) is 11.1 Å². The molecular formula is C14H15ClO4. The molecule has 2 rings (SSSR count). The molecule has 1 aromatic carbocycles. The summed E-state index contributed by atoms with van der Waals surface area (Å²) in [5, 5.41) is -0.417. The van der Waals surface area contributed by atoms with Gasteiger partial charge in [-0.3, -0.25) is 4.79 Å². The highest BCUT2D eigenvalue weighted by Gasteiger charge is 2.23. The first-order valence-electron chi connectivity index (χ1n) is 5.84. The van der Waals surface area contributed by atoms with Crippen LogP contribution in [0.1, 0.15) is 17.5 Å². The van der Waals surface area contributed by atoms with Crippen molar-refractivity contribution in [1.29, 1.82) is 0 Å². The fraction of sp³-hybridized carbons (Fsp3) is 0.357. The number of ether oxygens (including phenoxy) is 3. The van der Waals surface area contributed by atoms with Crippen LogP contribution in [0.25, 0.3) is 6.08 Å². The Kier molecular flexibility index (Phi) is 4.00. The minimum Gasteiger partial charge on any atom is -0.493 e. The van der Waals surface area contributed by atoms with Crippen molar-refractivity contribution in [2.45, 2.75) is 12.8 Å². The smallest absolute Gasteiger partial charge is 0.248 e. The molecule has 19 heavy (non-hydrogen) atoms. The first kappa shape index (κ1) is 13.7. The lowest BCUT2D eigenvalue weighted by molar-refractivity contribution is -0.108. The standard InChI is InChI=1S/C14H15ClO4/c1-17-11-7-9-6-8(14(15)16)4-5-10(9)12(18-2)13(11)19-3/h6-7H,4-5H2,1-3H3. The zero-order valence-electron chi connectivity index (χ0n) is 11.1. The molecule has 0 fully saturated rings. The van der Waals surface area contributed by atoms with E-state index in [-0.39, 0.29) is 0 Å². The first-order chi connectivity index (χ1) is 9.12. The molecule has 1 aromatic rings. The van der Waals surface area contributed by atoms with Crippen LogP contribution < -0.4 is 14.2 Å². The summed E-state index contributed by atoms with van der Waals surface area (Å²) in [6.45, 7) is 0. The van der Waals surface area contributed by atoms with E-state index in [0.717, 1.165) is 11.1 Å². The predicted octanol–water partition coefficient (Wildman–Crippen LogP) is 2.81. The van der Waals surface area contributed by atoms with Gasteiger partial charge in [0.05, 0.1) is 21.3 Å². The number of hydrogen-bond donors (Lipinski definition) is 0. The largest absolute Gasteiger partial charge is 0.493 e. The Morgan fingerprint density at radius 3 is 2.32 bits per heavy atom. The second-order valence-corrected chi connectivity index (χ2v) is 4.50. The predicted molar refractivity (Wildman–Crippen MR) is 73.3 cm³/mol. The molecule has 102 valence electrons. The number of allylic oxidation sites excluding steroid dienone is 1. The molecule has 0 bridgehead atoms. The maximum absolute atomic E-state index is 11.3. The van der Waals surface area contributed by atoms with E-state index in [9.17, 15) is 4.79 Å². The molecule has 0 heterocycles. The van der Waals surface area contributed by atoms with Crippen LogP contribution in [0.3, 0.4) is 0 Å². The van der Waals surface area contributed by atoms with Gasteiger partial charge in [-0.25, -0.2) is 0 Å². The van der Waals surface area contributed by atoms with Crippen molar-refractivity contribution in [1.82, 2.24) is 0 Å². The molecule has 4 nitrogen and oxygen atoms in total. The molecule has 0 saturated carbocycles. The molecule has 0 amide bonds. The van der Waals surface area contributed by atoms with Gasteiger partial charge in [-0.15, -0.1) is 0 Å². The maximum Gasteiger partial charge on any atom is 0.248 e. The highest BCUT2D eigenvalue weighted by Crippen LogP contribution is 2.44. The van der Waals surface area contributed by atoms with Crippen LogP contribution in [-0.2, 0) is 11.2 Å². The molecule has 1 aliphatic rings. The summed E-state index contributed by atoms with van der Waals surface area (Å²) in [5.41, 5.74) is 2.48. The van der Waals surface area contributed by atoms with Gasteiger partial charge in [-0.05, 0) is 42.1 Å². The van der Waals surface area contributed by atoms with Crippen LogP contribution in [0.15, 0.2) is 11.6 Å². The Bertz CT molecular complexity index is 549. The van der Waals surface area contributed by atoms with Crippen LogP contribution in [0.2, 0.25) is 0 Å². The SMILES string of the molecule is COc1cc2c(c(OC)c1OC)CCC(C(=O)Cl)=C2. The quantitative estimate of drug-likeness (QED) is 0.797. The number of hydrogen-bond acceptors (Lipinski definition) is 4. The van der Waals surface area contributed by atoms with Crippen LogP contribution in [0, 0.1) is 0 Å².